The van der Waals surface area contributed by atoms with Crippen LogP contribution in [-0.4, -0.2) is 24.3 Å². The molecule has 1 aliphatic rings. The van der Waals surface area contributed by atoms with Gasteiger partial charge in [0.15, 0.2) is 0 Å². The molecule has 0 aromatic heterocycles. The summed E-state index contributed by atoms with van der Waals surface area (Å²) in [4.78, 5) is 0. The van der Waals surface area contributed by atoms with Gasteiger partial charge < -0.3 is 10.4 Å². The monoisotopic (exact) mass is 213 g/mol. The van der Waals surface area contributed by atoms with Crippen molar-refractivity contribution >= 4 is 0 Å². The van der Waals surface area contributed by atoms with E-state index in [4.69, 9.17) is 0 Å². The highest BCUT2D eigenvalue weighted by atomic mass is 16.3. The van der Waals surface area contributed by atoms with Gasteiger partial charge in [-0.15, -0.1) is 0 Å². The fraction of sp³-hybridized carbons (Fsp3) is 1.00. The van der Waals surface area contributed by atoms with E-state index < -0.39 is 0 Å². The zero-order valence-electron chi connectivity index (χ0n) is 10.3. The Hall–Kier alpha value is -0.0800. The summed E-state index contributed by atoms with van der Waals surface area (Å²) in [6, 6.07) is 0.312. The average molecular weight is 213 g/mol. The standard InChI is InChI=1S/C13H27NO/c1-11(2)8-13(10-15)14-9-12-6-4-3-5-7-12/h11-15H,3-10H2,1-2H3/t13-/m0/s1. The molecule has 1 rings (SSSR count). The molecule has 0 amide bonds. The van der Waals surface area contributed by atoms with Crippen molar-refractivity contribution in [2.24, 2.45) is 11.8 Å². The molecule has 0 aromatic carbocycles. The lowest BCUT2D eigenvalue weighted by Gasteiger charge is -2.25. The van der Waals surface area contributed by atoms with Gasteiger partial charge >= 0.3 is 0 Å². The van der Waals surface area contributed by atoms with Gasteiger partial charge in [-0.2, -0.15) is 0 Å². The quantitative estimate of drug-likeness (QED) is 0.711. The zero-order chi connectivity index (χ0) is 11.1. The van der Waals surface area contributed by atoms with Crippen molar-refractivity contribution in [2.75, 3.05) is 13.2 Å². The van der Waals surface area contributed by atoms with Crippen molar-refractivity contribution in [3.05, 3.63) is 0 Å². The van der Waals surface area contributed by atoms with Crippen LogP contribution >= 0.6 is 0 Å². The van der Waals surface area contributed by atoms with Crippen molar-refractivity contribution in [1.29, 1.82) is 0 Å². The van der Waals surface area contributed by atoms with E-state index in [1.807, 2.05) is 0 Å². The van der Waals surface area contributed by atoms with E-state index in [1.54, 1.807) is 0 Å². The largest absolute Gasteiger partial charge is 0.395 e. The molecule has 2 heteroatoms. The van der Waals surface area contributed by atoms with Crippen molar-refractivity contribution in [3.8, 4) is 0 Å². The molecule has 0 radical (unpaired) electrons. The summed E-state index contributed by atoms with van der Waals surface area (Å²) in [7, 11) is 0. The van der Waals surface area contributed by atoms with Crippen LogP contribution in [0.2, 0.25) is 0 Å². The van der Waals surface area contributed by atoms with Gasteiger partial charge in [-0.25, -0.2) is 0 Å². The molecule has 90 valence electrons. The fourth-order valence-corrected chi connectivity index (χ4v) is 2.52. The lowest BCUT2D eigenvalue weighted by Crippen LogP contribution is -2.37. The highest BCUT2D eigenvalue weighted by Crippen LogP contribution is 2.23. The maximum absolute atomic E-state index is 9.24. The Morgan fingerprint density at radius 3 is 2.40 bits per heavy atom. The minimum atomic E-state index is 0.283. The fourth-order valence-electron chi connectivity index (χ4n) is 2.52. The highest BCUT2D eigenvalue weighted by Gasteiger charge is 2.15. The van der Waals surface area contributed by atoms with E-state index >= 15 is 0 Å². The van der Waals surface area contributed by atoms with Crippen molar-refractivity contribution in [3.63, 3.8) is 0 Å². The molecule has 0 saturated heterocycles. The number of aliphatic hydroxyl groups excluding tert-OH is 1. The second-order valence-electron chi connectivity index (χ2n) is 5.42. The lowest BCUT2D eigenvalue weighted by molar-refractivity contribution is 0.212. The Morgan fingerprint density at radius 1 is 1.20 bits per heavy atom. The molecule has 15 heavy (non-hydrogen) atoms. The second-order valence-corrected chi connectivity index (χ2v) is 5.42. The SMILES string of the molecule is CC(C)C[C@@H](CO)NCC1CCCCC1. The second kappa shape index (κ2) is 7.24. The molecule has 0 aromatic rings. The third-order valence-electron chi connectivity index (χ3n) is 3.40. The van der Waals surface area contributed by atoms with Crippen LogP contribution in [-0.2, 0) is 0 Å². The molecule has 0 spiro atoms. The first-order valence-electron chi connectivity index (χ1n) is 6.56. The predicted octanol–water partition coefficient (Wildman–Crippen LogP) is 2.56. The predicted molar refractivity (Wildman–Crippen MR) is 64.9 cm³/mol. The first-order valence-corrected chi connectivity index (χ1v) is 6.56. The number of hydrogen-bond donors (Lipinski definition) is 2. The topological polar surface area (TPSA) is 32.3 Å². The summed E-state index contributed by atoms with van der Waals surface area (Å²) in [5.74, 6) is 1.53. The van der Waals surface area contributed by atoms with Crippen molar-refractivity contribution in [1.82, 2.24) is 5.32 Å². The van der Waals surface area contributed by atoms with E-state index in [9.17, 15) is 5.11 Å². The van der Waals surface area contributed by atoms with Crippen LogP contribution in [0.15, 0.2) is 0 Å². The van der Waals surface area contributed by atoms with Crippen LogP contribution in [0.25, 0.3) is 0 Å². The maximum atomic E-state index is 9.24. The number of rotatable bonds is 6. The van der Waals surface area contributed by atoms with E-state index in [0.29, 0.717) is 12.0 Å². The number of hydrogen-bond acceptors (Lipinski definition) is 2. The van der Waals surface area contributed by atoms with Gasteiger partial charge in [0.25, 0.3) is 0 Å². The van der Waals surface area contributed by atoms with Gasteiger partial charge in [0.05, 0.1) is 6.61 Å². The first kappa shape index (κ1) is 13.0. The summed E-state index contributed by atoms with van der Waals surface area (Å²) in [5, 5.41) is 12.8. The van der Waals surface area contributed by atoms with E-state index in [2.05, 4.69) is 19.2 Å². The normalized spacial score (nSPS) is 20.8. The molecule has 0 unspecified atom stereocenters. The third-order valence-corrected chi connectivity index (χ3v) is 3.40. The summed E-state index contributed by atoms with van der Waals surface area (Å²) in [5.41, 5.74) is 0. The summed E-state index contributed by atoms with van der Waals surface area (Å²) in [6.07, 6.45) is 8.08. The van der Waals surface area contributed by atoms with E-state index in [1.165, 1.54) is 32.1 Å². The Bertz CT molecular complexity index is 153. The van der Waals surface area contributed by atoms with Crippen LogP contribution < -0.4 is 5.32 Å². The molecule has 2 N–H and O–H groups in total. The van der Waals surface area contributed by atoms with Gasteiger partial charge in [-0.05, 0) is 37.6 Å². The summed E-state index contributed by atoms with van der Waals surface area (Å²) in [6.45, 7) is 5.82. The summed E-state index contributed by atoms with van der Waals surface area (Å²) < 4.78 is 0. The molecule has 1 atom stereocenters. The van der Waals surface area contributed by atoms with Gasteiger partial charge in [-0.3, -0.25) is 0 Å². The van der Waals surface area contributed by atoms with E-state index in [-0.39, 0.29) is 6.61 Å². The van der Waals surface area contributed by atoms with Crippen molar-refractivity contribution in [2.45, 2.75) is 58.4 Å². The van der Waals surface area contributed by atoms with Crippen LogP contribution in [0.1, 0.15) is 52.4 Å². The Morgan fingerprint density at radius 2 is 1.87 bits per heavy atom. The summed E-state index contributed by atoms with van der Waals surface area (Å²) >= 11 is 0. The zero-order valence-corrected chi connectivity index (χ0v) is 10.3. The molecule has 1 aliphatic carbocycles. The molecule has 0 heterocycles. The van der Waals surface area contributed by atoms with Gasteiger partial charge in [0.2, 0.25) is 0 Å². The maximum Gasteiger partial charge on any atom is 0.0584 e. The molecule has 2 nitrogen and oxygen atoms in total. The van der Waals surface area contributed by atoms with E-state index in [0.717, 1.165) is 18.9 Å². The first-order chi connectivity index (χ1) is 7.22. The Labute approximate surface area is 94.5 Å². The minimum Gasteiger partial charge on any atom is -0.395 e. The molecular formula is C13H27NO. The van der Waals surface area contributed by atoms with Gasteiger partial charge in [0.1, 0.15) is 0 Å². The molecule has 1 fully saturated rings. The van der Waals surface area contributed by atoms with Crippen LogP contribution in [0.5, 0.6) is 0 Å². The Balaban J connectivity index is 2.14. The smallest absolute Gasteiger partial charge is 0.0584 e. The molecule has 1 saturated carbocycles. The minimum absolute atomic E-state index is 0.283. The Kier molecular flexibility index (Phi) is 6.26. The number of aliphatic hydroxyl groups is 1. The lowest BCUT2D eigenvalue weighted by atomic mass is 9.89. The highest BCUT2D eigenvalue weighted by molar-refractivity contribution is 4.73. The van der Waals surface area contributed by atoms with Crippen molar-refractivity contribution < 1.29 is 5.11 Å². The molecule has 0 bridgehead atoms. The van der Waals surface area contributed by atoms with Crippen LogP contribution in [0.4, 0.5) is 0 Å². The molecular weight excluding hydrogens is 186 g/mol. The van der Waals surface area contributed by atoms with Crippen LogP contribution in [0.3, 0.4) is 0 Å². The van der Waals surface area contributed by atoms with Gasteiger partial charge in [-0.1, -0.05) is 33.1 Å². The third kappa shape index (κ3) is 5.53. The molecule has 0 aliphatic heterocycles. The van der Waals surface area contributed by atoms with Gasteiger partial charge in [0, 0.05) is 6.04 Å². The van der Waals surface area contributed by atoms with Crippen LogP contribution in [0, 0.1) is 11.8 Å². The number of nitrogens with one attached hydrogen (secondary N) is 1. The average Bonchev–Trinajstić information content (AvgIpc) is 2.25.